The van der Waals surface area contributed by atoms with Gasteiger partial charge in [0.2, 0.25) is 0 Å². The number of nitrogens with zero attached hydrogens (tertiary/aromatic N) is 2. The maximum atomic E-state index is 12.0. The van der Waals surface area contributed by atoms with E-state index in [0.717, 1.165) is 12.0 Å². The van der Waals surface area contributed by atoms with Crippen LogP contribution in [0.3, 0.4) is 0 Å². The number of hydrogen-bond donors (Lipinski definition) is 2. The van der Waals surface area contributed by atoms with E-state index in [4.69, 9.17) is 39.0 Å². The lowest BCUT2D eigenvalue weighted by Crippen LogP contribution is -2.37. The topological polar surface area (TPSA) is 99.4 Å². The molecule has 3 atom stereocenters. The minimum absolute atomic E-state index is 0.0332. The molecule has 27 heavy (non-hydrogen) atoms. The van der Waals surface area contributed by atoms with E-state index in [1.54, 1.807) is 20.0 Å². The number of thiocarbonyl (C=S) groups is 1. The number of carbonyl (C=O) groups excluding carboxylic acids is 1. The van der Waals surface area contributed by atoms with Gasteiger partial charge in [-0.1, -0.05) is 24.0 Å². The lowest BCUT2D eigenvalue weighted by molar-refractivity contribution is -0.195. The summed E-state index contributed by atoms with van der Waals surface area (Å²) in [6.07, 6.45) is 2.93. The molecule has 0 spiro atoms. The van der Waals surface area contributed by atoms with Crippen molar-refractivity contribution in [2.45, 2.75) is 56.6 Å². The second-order valence-electron chi connectivity index (χ2n) is 6.44. The van der Waals surface area contributed by atoms with Gasteiger partial charge in [-0.3, -0.25) is 4.79 Å². The summed E-state index contributed by atoms with van der Waals surface area (Å²) in [5.74, 6) is 0.268. The number of nitrogens with one attached hydrogen (secondary N) is 1. The Hall–Kier alpha value is -1.00. The highest BCUT2D eigenvalue weighted by Gasteiger charge is 2.40. The predicted molar refractivity (Wildman–Crippen MR) is 112 cm³/mol. The molecule has 3 N–H and O–H groups in total. The zero-order valence-corrected chi connectivity index (χ0v) is 18.0. The van der Waals surface area contributed by atoms with Crippen LogP contribution in [0.5, 0.6) is 0 Å². The van der Waals surface area contributed by atoms with Crippen LogP contribution in [-0.2, 0) is 20.8 Å². The van der Waals surface area contributed by atoms with Crippen LogP contribution in [0, 0.1) is 6.92 Å². The molecule has 1 aromatic heterocycles. The summed E-state index contributed by atoms with van der Waals surface area (Å²) in [6.45, 7) is 6.49. The number of nitrogen functional groups attached to an aromatic ring is 1. The molecule has 10 heteroatoms. The van der Waals surface area contributed by atoms with Crippen molar-refractivity contribution in [2.24, 2.45) is 0 Å². The van der Waals surface area contributed by atoms with E-state index in [0.29, 0.717) is 42.1 Å². The smallest absolute Gasteiger partial charge is 0.181 e. The molecule has 1 aliphatic rings. The van der Waals surface area contributed by atoms with Crippen molar-refractivity contribution in [3.05, 3.63) is 17.6 Å². The van der Waals surface area contributed by atoms with Gasteiger partial charge in [0.1, 0.15) is 21.7 Å². The number of thioether (sulfide) groups is 1. The molecule has 1 aliphatic heterocycles. The minimum atomic E-state index is -0.796. The molecule has 2 heterocycles. The summed E-state index contributed by atoms with van der Waals surface area (Å²) < 4.78 is 11.9. The van der Waals surface area contributed by atoms with Crippen molar-refractivity contribution in [1.82, 2.24) is 15.3 Å². The Morgan fingerprint density at radius 1 is 1.67 bits per heavy atom. The molecule has 2 rings (SSSR count). The molecule has 0 aromatic carbocycles. The number of anilines is 1. The van der Waals surface area contributed by atoms with Crippen molar-refractivity contribution in [3.63, 3.8) is 0 Å². The third kappa shape index (κ3) is 6.53. The molecule has 3 unspecified atom stereocenters. The normalized spacial score (nSPS) is 23.2. The first-order chi connectivity index (χ1) is 12.7. The summed E-state index contributed by atoms with van der Waals surface area (Å²) in [7, 11) is 0. The molecule has 0 amide bonds. The summed E-state index contributed by atoms with van der Waals surface area (Å²) >= 11 is 12.9. The Balaban J connectivity index is 1.80. The van der Waals surface area contributed by atoms with Gasteiger partial charge in [0.05, 0.1) is 23.8 Å². The number of aromatic nitrogens is 2. The van der Waals surface area contributed by atoms with Crippen molar-refractivity contribution in [2.75, 3.05) is 18.9 Å². The lowest BCUT2D eigenvalue weighted by Gasteiger charge is -2.27. The first-order valence-corrected chi connectivity index (χ1v) is 10.4. The number of carbonyl (C=O) groups is 1. The number of halogens is 1. The summed E-state index contributed by atoms with van der Waals surface area (Å²) in [5.41, 5.74) is 6.63. The fourth-order valence-electron chi connectivity index (χ4n) is 2.55. The zero-order chi connectivity index (χ0) is 20.0. The van der Waals surface area contributed by atoms with Gasteiger partial charge in [0.25, 0.3) is 0 Å². The summed E-state index contributed by atoms with van der Waals surface area (Å²) in [6, 6.07) is 0. The number of rotatable bonds is 8. The second kappa shape index (κ2) is 9.97. The summed E-state index contributed by atoms with van der Waals surface area (Å²) in [5, 5.41) is 2.59. The third-order valence-electron chi connectivity index (χ3n) is 4.24. The van der Waals surface area contributed by atoms with Gasteiger partial charge in [-0.2, -0.15) is 0 Å². The van der Waals surface area contributed by atoms with Crippen molar-refractivity contribution < 1.29 is 14.3 Å². The first kappa shape index (κ1) is 22.3. The highest BCUT2D eigenvalue weighted by atomic mass is 35.5. The van der Waals surface area contributed by atoms with E-state index in [-0.39, 0.29) is 16.4 Å². The SMILES string of the molecule is CC(=O)C(CCOC1(C)OCCC1Cl)SC(=S)NCc1cnc(C)nc1N. The number of ketones is 1. The van der Waals surface area contributed by atoms with E-state index >= 15 is 0 Å². The van der Waals surface area contributed by atoms with E-state index in [2.05, 4.69) is 15.3 Å². The summed E-state index contributed by atoms with van der Waals surface area (Å²) in [4.78, 5) is 20.2. The minimum Gasteiger partial charge on any atom is -0.383 e. The molecular weight excluding hydrogens is 408 g/mol. The number of aryl methyl sites for hydroxylation is 1. The third-order valence-corrected chi connectivity index (χ3v) is 6.50. The largest absolute Gasteiger partial charge is 0.383 e. The predicted octanol–water partition coefficient (Wildman–Crippen LogP) is 2.58. The van der Waals surface area contributed by atoms with Crippen LogP contribution in [0.1, 0.15) is 38.1 Å². The molecule has 7 nitrogen and oxygen atoms in total. The number of ether oxygens (including phenoxy) is 2. The number of nitrogens with two attached hydrogens (primary N) is 1. The molecule has 0 aliphatic carbocycles. The van der Waals surface area contributed by atoms with Crippen LogP contribution >= 0.6 is 35.6 Å². The Morgan fingerprint density at radius 2 is 2.41 bits per heavy atom. The molecule has 0 radical (unpaired) electrons. The van der Waals surface area contributed by atoms with Gasteiger partial charge in [0, 0.05) is 18.3 Å². The van der Waals surface area contributed by atoms with Crippen LogP contribution in [0.25, 0.3) is 0 Å². The van der Waals surface area contributed by atoms with Gasteiger partial charge >= 0.3 is 0 Å². The highest BCUT2D eigenvalue weighted by Crippen LogP contribution is 2.32. The van der Waals surface area contributed by atoms with Crippen molar-refractivity contribution in [3.8, 4) is 0 Å². The molecular formula is C17H25ClN4O3S2. The van der Waals surface area contributed by atoms with Gasteiger partial charge in [-0.05, 0) is 33.6 Å². The first-order valence-electron chi connectivity index (χ1n) is 8.66. The zero-order valence-electron chi connectivity index (χ0n) is 15.7. The van der Waals surface area contributed by atoms with Crippen LogP contribution in [0.4, 0.5) is 5.82 Å². The molecule has 1 fully saturated rings. The number of hydrogen-bond acceptors (Lipinski definition) is 8. The number of Topliss-reactive ketones (excluding diaryl/α,β-unsaturated/α-hetero) is 1. The van der Waals surface area contributed by atoms with Crippen LogP contribution in [-0.4, -0.2) is 49.7 Å². The van der Waals surface area contributed by atoms with Crippen LogP contribution < -0.4 is 11.1 Å². The highest BCUT2D eigenvalue weighted by molar-refractivity contribution is 8.23. The average Bonchev–Trinajstić information content (AvgIpc) is 2.92. The Labute approximate surface area is 174 Å². The molecule has 150 valence electrons. The average molecular weight is 433 g/mol. The Kier molecular flexibility index (Phi) is 8.23. The van der Waals surface area contributed by atoms with Crippen LogP contribution in [0.2, 0.25) is 0 Å². The fraction of sp³-hybridized carbons (Fsp3) is 0.647. The maximum absolute atomic E-state index is 12.0. The fourth-order valence-corrected chi connectivity index (χ4v) is 3.98. The van der Waals surface area contributed by atoms with E-state index < -0.39 is 5.79 Å². The Morgan fingerprint density at radius 3 is 3.00 bits per heavy atom. The lowest BCUT2D eigenvalue weighted by atomic mass is 10.2. The van der Waals surface area contributed by atoms with Crippen molar-refractivity contribution in [1.29, 1.82) is 0 Å². The van der Waals surface area contributed by atoms with Gasteiger partial charge in [-0.25, -0.2) is 9.97 Å². The Bertz CT molecular complexity index is 694. The van der Waals surface area contributed by atoms with E-state index in [9.17, 15) is 4.79 Å². The van der Waals surface area contributed by atoms with E-state index in [1.165, 1.54) is 11.8 Å². The van der Waals surface area contributed by atoms with Crippen molar-refractivity contribution >= 4 is 51.5 Å². The molecule has 1 aromatic rings. The number of alkyl halides is 1. The standard InChI is InChI=1S/C17H25ClN4O3S2/c1-10(23)13(4-6-24-17(3)14(18)5-7-25-17)27-16(26)21-9-12-8-20-11(2)22-15(12)19/h8,13-14H,4-7,9H2,1-3H3,(H,21,26)(H2,19,20,22). The van der Waals surface area contributed by atoms with Crippen LogP contribution in [0.15, 0.2) is 6.20 Å². The van der Waals surface area contributed by atoms with Gasteiger partial charge in [0.15, 0.2) is 5.79 Å². The monoisotopic (exact) mass is 432 g/mol. The quantitative estimate of drug-likeness (QED) is 0.474. The maximum Gasteiger partial charge on any atom is 0.181 e. The molecule has 0 bridgehead atoms. The second-order valence-corrected chi connectivity index (χ2v) is 8.85. The van der Waals surface area contributed by atoms with Gasteiger partial charge in [-0.15, -0.1) is 11.6 Å². The molecule has 1 saturated heterocycles. The van der Waals surface area contributed by atoms with E-state index in [1.807, 2.05) is 6.92 Å². The van der Waals surface area contributed by atoms with Gasteiger partial charge < -0.3 is 20.5 Å². The molecule has 0 saturated carbocycles.